The summed E-state index contributed by atoms with van der Waals surface area (Å²) in [6.07, 6.45) is 37.8. The number of allylic oxidation sites excluding steroid dienone is 1. The van der Waals surface area contributed by atoms with Crippen molar-refractivity contribution in [2.45, 2.75) is 167 Å². The van der Waals surface area contributed by atoms with Crippen LogP contribution < -0.4 is 0 Å². The number of hydrogen-bond donors (Lipinski definition) is 1. The fourth-order valence-corrected chi connectivity index (χ4v) is 4.41. The van der Waals surface area contributed by atoms with E-state index >= 15 is 0 Å². The summed E-state index contributed by atoms with van der Waals surface area (Å²) >= 11 is 0. The van der Waals surface area contributed by atoms with Gasteiger partial charge in [0.05, 0.1) is 0 Å². The molecule has 0 saturated carbocycles. The van der Waals surface area contributed by atoms with Gasteiger partial charge < -0.3 is 5.11 Å². The van der Waals surface area contributed by atoms with E-state index in [0.29, 0.717) is 0 Å². The molecule has 0 radical (unpaired) electrons. The Labute approximate surface area is 195 Å². The molecule has 2 heteroatoms. The summed E-state index contributed by atoms with van der Waals surface area (Å²) in [7, 11) is 0. The van der Waals surface area contributed by atoms with Crippen molar-refractivity contribution in [3.8, 4) is 0 Å². The summed E-state index contributed by atoms with van der Waals surface area (Å²) in [4.78, 5) is 10.3. The number of unbranched alkanes of at least 4 members (excludes halogenated alkanes) is 24. The first-order valence-electron chi connectivity index (χ1n) is 14.2. The third kappa shape index (κ3) is 29.2. The zero-order valence-electron chi connectivity index (χ0n) is 21.2. The Kier molecular flexibility index (Phi) is 26.5. The van der Waals surface area contributed by atoms with Crippen LogP contribution in [0.3, 0.4) is 0 Å². The second-order valence-electron chi connectivity index (χ2n) is 9.66. The number of carboxylic acids is 1. The fourth-order valence-electron chi connectivity index (χ4n) is 4.41. The van der Waals surface area contributed by atoms with E-state index in [2.05, 4.69) is 6.92 Å². The molecule has 0 rings (SSSR count). The smallest absolute Gasteiger partial charge is 0.327 e. The van der Waals surface area contributed by atoms with Gasteiger partial charge in [0, 0.05) is 6.08 Å². The van der Waals surface area contributed by atoms with E-state index in [1.807, 2.05) is 0 Å². The highest BCUT2D eigenvalue weighted by atomic mass is 16.4. The third-order valence-corrected chi connectivity index (χ3v) is 6.48. The van der Waals surface area contributed by atoms with Crippen molar-refractivity contribution in [2.75, 3.05) is 0 Å². The Balaban J connectivity index is 3.03. The highest BCUT2D eigenvalue weighted by molar-refractivity contribution is 5.79. The minimum atomic E-state index is -0.829. The van der Waals surface area contributed by atoms with Gasteiger partial charge in [-0.1, -0.05) is 161 Å². The van der Waals surface area contributed by atoms with E-state index < -0.39 is 5.97 Å². The second kappa shape index (κ2) is 27.2. The Bertz CT molecular complexity index is 375. The van der Waals surface area contributed by atoms with Crippen LogP contribution in [0.25, 0.3) is 0 Å². The van der Waals surface area contributed by atoms with Crippen LogP contribution >= 0.6 is 0 Å². The number of carbonyl (C=O) groups is 1. The number of hydrogen-bond acceptors (Lipinski definition) is 1. The van der Waals surface area contributed by atoms with Crippen molar-refractivity contribution in [1.82, 2.24) is 0 Å². The molecule has 0 amide bonds. The molecule has 0 aromatic heterocycles. The number of carboxylic acid groups (broad SMARTS) is 1. The molecule has 0 aromatic rings. The summed E-state index contributed by atoms with van der Waals surface area (Å²) in [5, 5.41) is 8.51. The summed E-state index contributed by atoms with van der Waals surface area (Å²) in [6, 6.07) is 0. The Morgan fingerprint density at radius 3 is 1.00 bits per heavy atom. The molecular formula is C29H56O2. The molecule has 0 aromatic carbocycles. The first kappa shape index (κ1) is 30.2. The van der Waals surface area contributed by atoms with Crippen LogP contribution in [0, 0.1) is 0 Å². The zero-order valence-corrected chi connectivity index (χ0v) is 21.2. The van der Waals surface area contributed by atoms with Crippen LogP contribution in [-0.4, -0.2) is 11.1 Å². The van der Waals surface area contributed by atoms with Crippen LogP contribution in [0.4, 0.5) is 0 Å². The fraction of sp³-hybridized carbons (Fsp3) is 0.897. The molecule has 0 spiro atoms. The molecule has 31 heavy (non-hydrogen) atoms. The van der Waals surface area contributed by atoms with Gasteiger partial charge in [0.15, 0.2) is 0 Å². The van der Waals surface area contributed by atoms with Crippen LogP contribution in [0.5, 0.6) is 0 Å². The topological polar surface area (TPSA) is 37.3 Å². The van der Waals surface area contributed by atoms with E-state index in [0.717, 1.165) is 12.8 Å². The van der Waals surface area contributed by atoms with Crippen molar-refractivity contribution in [1.29, 1.82) is 0 Å². The van der Waals surface area contributed by atoms with E-state index in [9.17, 15) is 4.79 Å². The molecule has 0 bridgehead atoms. The number of rotatable bonds is 26. The van der Waals surface area contributed by atoms with Crippen molar-refractivity contribution in [2.24, 2.45) is 0 Å². The lowest BCUT2D eigenvalue weighted by molar-refractivity contribution is -0.131. The van der Waals surface area contributed by atoms with Gasteiger partial charge in [-0.25, -0.2) is 4.79 Å². The predicted molar refractivity (Wildman–Crippen MR) is 138 cm³/mol. The molecule has 0 aliphatic rings. The van der Waals surface area contributed by atoms with E-state index in [1.54, 1.807) is 6.08 Å². The van der Waals surface area contributed by atoms with Gasteiger partial charge in [-0.15, -0.1) is 0 Å². The summed E-state index contributed by atoms with van der Waals surface area (Å²) < 4.78 is 0. The van der Waals surface area contributed by atoms with Crippen LogP contribution in [0.1, 0.15) is 167 Å². The van der Waals surface area contributed by atoms with Crippen LogP contribution in [-0.2, 0) is 4.79 Å². The van der Waals surface area contributed by atoms with E-state index in [1.165, 1.54) is 154 Å². The lowest BCUT2D eigenvalue weighted by Crippen LogP contribution is -1.86. The maximum atomic E-state index is 10.3. The average molecular weight is 437 g/mol. The summed E-state index contributed by atoms with van der Waals surface area (Å²) in [5.74, 6) is -0.829. The zero-order chi connectivity index (χ0) is 22.7. The van der Waals surface area contributed by atoms with Crippen molar-refractivity contribution in [3.05, 3.63) is 12.2 Å². The van der Waals surface area contributed by atoms with Gasteiger partial charge in [0.1, 0.15) is 0 Å². The van der Waals surface area contributed by atoms with Gasteiger partial charge in [0.2, 0.25) is 0 Å². The summed E-state index contributed by atoms with van der Waals surface area (Å²) in [5.41, 5.74) is 0. The minimum Gasteiger partial charge on any atom is -0.478 e. The molecule has 0 fully saturated rings. The van der Waals surface area contributed by atoms with Crippen molar-refractivity contribution in [3.63, 3.8) is 0 Å². The molecule has 0 heterocycles. The highest BCUT2D eigenvalue weighted by Gasteiger charge is 1.96. The molecule has 0 aliphatic carbocycles. The van der Waals surface area contributed by atoms with Crippen molar-refractivity contribution < 1.29 is 9.90 Å². The molecule has 1 N–H and O–H groups in total. The quantitative estimate of drug-likeness (QED) is 0.108. The molecule has 0 unspecified atom stereocenters. The first-order chi connectivity index (χ1) is 15.3. The molecule has 0 saturated heterocycles. The molecule has 2 nitrogen and oxygen atoms in total. The average Bonchev–Trinajstić information content (AvgIpc) is 2.76. The Hall–Kier alpha value is -0.790. The van der Waals surface area contributed by atoms with Gasteiger partial charge >= 0.3 is 5.97 Å². The van der Waals surface area contributed by atoms with Gasteiger partial charge in [-0.05, 0) is 12.8 Å². The lowest BCUT2D eigenvalue weighted by Gasteiger charge is -2.04. The third-order valence-electron chi connectivity index (χ3n) is 6.48. The second-order valence-corrected chi connectivity index (χ2v) is 9.66. The maximum Gasteiger partial charge on any atom is 0.327 e. The normalized spacial score (nSPS) is 11.5. The predicted octanol–water partition coefficient (Wildman–Crippen LogP) is 10.4. The maximum absolute atomic E-state index is 10.3. The standard InChI is InChI=1S/C29H56O2/c1-2-3-4-5-6-7-8-9-10-11-12-13-14-15-16-17-18-19-20-21-22-23-24-25-26-27-28-29(30)31/h27-28H,2-26H2,1H3,(H,30,31)/b28-27+. The molecule has 0 atom stereocenters. The Morgan fingerprint density at radius 2 is 0.742 bits per heavy atom. The minimum absolute atomic E-state index is 0.829. The van der Waals surface area contributed by atoms with Crippen LogP contribution in [0.2, 0.25) is 0 Å². The van der Waals surface area contributed by atoms with E-state index in [4.69, 9.17) is 5.11 Å². The highest BCUT2D eigenvalue weighted by Crippen LogP contribution is 2.15. The van der Waals surface area contributed by atoms with Gasteiger partial charge in [0.25, 0.3) is 0 Å². The SMILES string of the molecule is CCCCCCCCCCCCCCCCCCCCCCCCCC/C=C/C(=O)O. The molecule has 184 valence electrons. The monoisotopic (exact) mass is 436 g/mol. The van der Waals surface area contributed by atoms with Gasteiger partial charge in [-0.3, -0.25) is 0 Å². The molecular weight excluding hydrogens is 380 g/mol. The summed E-state index contributed by atoms with van der Waals surface area (Å²) in [6.45, 7) is 2.29. The van der Waals surface area contributed by atoms with Crippen LogP contribution in [0.15, 0.2) is 12.2 Å². The Morgan fingerprint density at radius 1 is 0.484 bits per heavy atom. The van der Waals surface area contributed by atoms with Gasteiger partial charge in [-0.2, -0.15) is 0 Å². The first-order valence-corrected chi connectivity index (χ1v) is 14.2. The molecule has 0 aliphatic heterocycles. The lowest BCUT2D eigenvalue weighted by atomic mass is 10.0. The largest absolute Gasteiger partial charge is 0.478 e. The van der Waals surface area contributed by atoms with Crippen molar-refractivity contribution >= 4 is 5.97 Å². The number of aliphatic carboxylic acids is 1. The van der Waals surface area contributed by atoms with E-state index in [-0.39, 0.29) is 0 Å².